The van der Waals surface area contributed by atoms with E-state index in [1.54, 1.807) is 13.8 Å². The van der Waals surface area contributed by atoms with Crippen LogP contribution in [0.1, 0.15) is 19.4 Å². The second-order valence-electron chi connectivity index (χ2n) is 3.97. The lowest BCUT2D eigenvalue weighted by Crippen LogP contribution is -2.41. The maximum atomic E-state index is 13.8. The minimum atomic E-state index is -0.673. The summed E-state index contributed by atoms with van der Waals surface area (Å²) in [5.41, 5.74) is 5.85. The van der Waals surface area contributed by atoms with Gasteiger partial charge in [-0.05, 0) is 48.3 Å². The van der Waals surface area contributed by atoms with Gasteiger partial charge in [0.2, 0.25) is 0 Å². The first-order valence-corrected chi connectivity index (χ1v) is 6.91. The standard InChI is InChI=1S/C13H18BrF2NO2/c1-3-18-13(19-4-2)11(17)7-8-10(15)6-5-9(14)12(8)16/h5-6,11,13H,3-4,7,17H2,1-2H3. The van der Waals surface area contributed by atoms with Gasteiger partial charge in [0, 0.05) is 18.8 Å². The van der Waals surface area contributed by atoms with E-state index in [-0.39, 0.29) is 16.5 Å². The maximum Gasteiger partial charge on any atom is 0.172 e. The molecule has 0 saturated carbocycles. The molecule has 0 radical (unpaired) electrons. The van der Waals surface area contributed by atoms with Gasteiger partial charge in [-0.15, -0.1) is 0 Å². The van der Waals surface area contributed by atoms with Crippen LogP contribution in [-0.2, 0) is 15.9 Å². The SMILES string of the molecule is CCOC(OCC)C(N)Cc1c(F)ccc(Br)c1F. The van der Waals surface area contributed by atoms with E-state index in [1.807, 2.05) is 0 Å². The summed E-state index contributed by atoms with van der Waals surface area (Å²) in [6.45, 7) is 4.45. The third-order valence-electron chi connectivity index (χ3n) is 2.59. The fraction of sp³-hybridized carbons (Fsp3) is 0.538. The Bertz CT molecular complexity index is 412. The molecular weight excluding hydrogens is 320 g/mol. The predicted molar refractivity (Wildman–Crippen MR) is 72.8 cm³/mol. The van der Waals surface area contributed by atoms with Crippen LogP contribution in [0.3, 0.4) is 0 Å². The Labute approximate surface area is 120 Å². The Balaban J connectivity index is 2.85. The second kappa shape index (κ2) is 7.89. The van der Waals surface area contributed by atoms with Crippen molar-refractivity contribution in [1.82, 2.24) is 0 Å². The number of rotatable bonds is 7. The normalized spacial score (nSPS) is 13.0. The Morgan fingerprint density at radius 1 is 1.21 bits per heavy atom. The molecule has 6 heteroatoms. The third-order valence-corrected chi connectivity index (χ3v) is 3.20. The van der Waals surface area contributed by atoms with Gasteiger partial charge in [0.1, 0.15) is 11.6 Å². The molecule has 108 valence electrons. The Hall–Kier alpha value is -0.560. The minimum Gasteiger partial charge on any atom is -0.351 e. The quantitative estimate of drug-likeness (QED) is 0.614. The molecule has 0 aromatic heterocycles. The zero-order valence-electron chi connectivity index (χ0n) is 11.0. The largest absolute Gasteiger partial charge is 0.351 e. The molecule has 0 fully saturated rings. The molecule has 0 aliphatic heterocycles. The summed E-state index contributed by atoms with van der Waals surface area (Å²) in [5, 5.41) is 0. The van der Waals surface area contributed by atoms with Gasteiger partial charge in [0.05, 0.1) is 10.5 Å². The van der Waals surface area contributed by atoms with Crippen molar-refractivity contribution in [2.24, 2.45) is 5.73 Å². The summed E-state index contributed by atoms with van der Waals surface area (Å²) in [5.74, 6) is -1.26. The monoisotopic (exact) mass is 337 g/mol. The zero-order valence-corrected chi connectivity index (χ0v) is 12.5. The van der Waals surface area contributed by atoms with Gasteiger partial charge in [-0.3, -0.25) is 0 Å². The summed E-state index contributed by atoms with van der Waals surface area (Å²) in [4.78, 5) is 0. The predicted octanol–water partition coefficient (Wildman–Crippen LogP) is 3.00. The van der Waals surface area contributed by atoms with E-state index in [0.29, 0.717) is 13.2 Å². The Morgan fingerprint density at radius 2 is 1.79 bits per heavy atom. The molecule has 1 aromatic rings. The van der Waals surface area contributed by atoms with Gasteiger partial charge in [-0.25, -0.2) is 8.78 Å². The van der Waals surface area contributed by atoms with Gasteiger partial charge in [0.15, 0.2) is 6.29 Å². The molecule has 19 heavy (non-hydrogen) atoms. The van der Waals surface area contributed by atoms with Crippen LogP contribution in [0.2, 0.25) is 0 Å². The molecule has 0 aliphatic carbocycles. The Kier molecular flexibility index (Phi) is 6.85. The van der Waals surface area contributed by atoms with E-state index in [0.717, 1.165) is 0 Å². The van der Waals surface area contributed by atoms with Crippen LogP contribution in [0.25, 0.3) is 0 Å². The summed E-state index contributed by atoms with van der Waals surface area (Å²) < 4.78 is 38.3. The first-order chi connectivity index (χ1) is 9.01. The molecule has 0 aliphatic rings. The van der Waals surface area contributed by atoms with Crippen LogP contribution < -0.4 is 5.73 Å². The van der Waals surface area contributed by atoms with Crippen LogP contribution in [0.5, 0.6) is 0 Å². The van der Waals surface area contributed by atoms with E-state index in [9.17, 15) is 8.78 Å². The topological polar surface area (TPSA) is 44.5 Å². The highest BCUT2D eigenvalue weighted by Crippen LogP contribution is 2.23. The van der Waals surface area contributed by atoms with E-state index < -0.39 is 24.0 Å². The molecule has 1 rings (SSSR count). The molecule has 3 nitrogen and oxygen atoms in total. The average Bonchev–Trinajstić information content (AvgIpc) is 2.38. The number of hydrogen-bond acceptors (Lipinski definition) is 3. The first kappa shape index (κ1) is 16.5. The van der Waals surface area contributed by atoms with Crippen molar-refractivity contribution >= 4 is 15.9 Å². The van der Waals surface area contributed by atoms with E-state index in [1.165, 1.54) is 12.1 Å². The maximum absolute atomic E-state index is 13.8. The van der Waals surface area contributed by atoms with Crippen molar-refractivity contribution in [1.29, 1.82) is 0 Å². The van der Waals surface area contributed by atoms with Crippen molar-refractivity contribution < 1.29 is 18.3 Å². The van der Waals surface area contributed by atoms with Gasteiger partial charge >= 0.3 is 0 Å². The second-order valence-corrected chi connectivity index (χ2v) is 4.82. The van der Waals surface area contributed by atoms with Crippen molar-refractivity contribution in [2.75, 3.05) is 13.2 Å². The number of benzene rings is 1. The molecule has 1 aromatic carbocycles. The fourth-order valence-electron chi connectivity index (χ4n) is 1.71. The lowest BCUT2D eigenvalue weighted by Gasteiger charge is -2.24. The van der Waals surface area contributed by atoms with Crippen LogP contribution in [0.15, 0.2) is 16.6 Å². The van der Waals surface area contributed by atoms with Crippen molar-refractivity contribution in [3.8, 4) is 0 Å². The van der Waals surface area contributed by atoms with Crippen LogP contribution >= 0.6 is 15.9 Å². The van der Waals surface area contributed by atoms with Crippen LogP contribution in [0, 0.1) is 11.6 Å². The van der Waals surface area contributed by atoms with E-state index >= 15 is 0 Å². The molecule has 0 saturated heterocycles. The average molecular weight is 338 g/mol. The first-order valence-electron chi connectivity index (χ1n) is 6.12. The molecule has 0 heterocycles. The highest BCUT2D eigenvalue weighted by Gasteiger charge is 2.22. The van der Waals surface area contributed by atoms with Crippen LogP contribution in [0.4, 0.5) is 8.78 Å². The molecule has 2 N–H and O–H groups in total. The summed E-state index contributed by atoms with van der Waals surface area (Å²) in [6, 6.07) is 1.88. The van der Waals surface area contributed by atoms with Gasteiger partial charge in [-0.1, -0.05) is 0 Å². The number of hydrogen-bond donors (Lipinski definition) is 1. The lowest BCUT2D eigenvalue weighted by molar-refractivity contribution is -0.148. The molecule has 0 spiro atoms. The smallest absolute Gasteiger partial charge is 0.172 e. The van der Waals surface area contributed by atoms with Crippen molar-refractivity contribution in [3.63, 3.8) is 0 Å². The van der Waals surface area contributed by atoms with E-state index in [2.05, 4.69) is 15.9 Å². The molecule has 1 atom stereocenters. The summed E-state index contributed by atoms with van der Waals surface area (Å²) in [6.07, 6.45) is -0.672. The number of nitrogens with two attached hydrogens (primary N) is 1. The highest BCUT2D eigenvalue weighted by molar-refractivity contribution is 9.10. The Morgan fingerprint density at radius 3 is 2.32 bits per heavy atom. The van der Waals surface area contributed by atoms with E-state index in [4.69, 9.17) is 15.2 Å². The molecule has 0 bridgehead atoms. The lowest BCUT2D eigenvalue weighted by atomic mass is 10.0. The van der Waals surface area contributed by atoms with Crippen molar-refractivity contribution in [3.05, 3.63) is 33.8 Å². The fourth-order valence-corrected chi connectivity index (χ4v) is 2.08. The van der Waals surface area contributed by atoms with Gasteiger partial charge < -0.3 is 15.2 Å². The molecule has 1 unspecified atom stereocenters. The summed E-state index contributed by atoms with van der Waals surface area (Å²) in [7, 11) is 0. The summed E-state index contributed by atoms with van der Waals surface area (Å²) >= 11 is 3.02. The number of ether oxygens (including phenoxy) is 2. The molecular formula is C13H18BrF2NO2. The number of halogens is 3. The highest BCUT2D eigenvalue weighted by atomic mass is 79.9. The van der Waals surface area contributed by atoms with Crippen LogP contribution in [-0.4, -0.2) is 25.5 Å². The zero-order chi connectivity index (χ0) is 14.4. The van der Waals surface area contributed by atoms with Crippen molar-refractivity contribution in [2.45, 2.75) is 32.6 Å². The third kappa shape index (κ3) is 4.49. The van der Waals surface area contributed by atoms with Gasteiger partial charge in [0.25, 0.3) is 0 Å². The minimum absolute atomic E-state index is 0.00176. The molecule has 0 amide bonds. The van der Waals surface area contributed by atoms with Gasteiger partial charge in [-0.2, -0.15) is 0 Å².